The van der Waals surface area contributed by atoms with Gasteiger partial charge >= 0.3 is 0 Å². The van der Waals surface area contributed by atoms with Crippen molar-refractivity contribution in [2.75, 3.05) is 0 Å². The summed E-state index contributed by atoms with van der Waals surface area (Å²) < 4.78 is 0. The number of unbranched alkanes of at least 4 members (excludes halogenated alkanes) is 5. The molecule has 0 aromatic carbocycles. The first-order valence-corrected chi connectivity index (χ1v) is 17.7. The third-order valence-corrected chi connectivity index (χ3v) is 13.8. The van der Waals surface area contributed by atoms with Gasteiger partial charge in [0.15, 0.2) is 5.12 Å². The Morgan fingerprint density at radius 3 is 2.49 bits per heavy atom. The van der Waals surface area contributed by atoms with Gasteiger partial charge in [-0.1, -0.05) is 102 Å². The Hall–Kier alpha value is -0.240. The van der Waals surface area contributed by atoms with Gasteiger partial charge in [0.05, 0.1) is 0 Å². The first-order chi connectivity index (χ1) is 17.9. The lowest BCUT2D eigenvalue weighted by atomic mass is 9.47. The third-order valence-electron chi connectivity index (χ3n) is 12.6. The van der Waals surface area contributed by atoms with E-state index in [9.17, 15) is 4.79 Å². The molecule has 4 fully saturated rings. The smallest absolute Gasteiger partial charge is 0.189 e. The lowest BCUT2D eigenvalue weighted by molar-refractivity contribution is -0.112. The predicted octanol–water partition coefficient (Wildman–Crippen LogP) is 10.9. The van der Waals surface area contributed by atoms with E-state index in [1.54, 1.807) is 17.3 Å². The summed E-state index contributed by atoms with van der Waals surface area (Å²) in [5.41, 5.74) is 2.80. The van der Waals surface area contributed by atoms with Crippen LogP contribution < -0.4 is 0 Å². The molecule has 1 nitrogen and oxygen atoms in total. The lowest BCUT2D eigenvalue weighted by Crippen LogP contribution is -2.50. The van der Waals surface area contributed by atoms with Crippen molar-refractivity contribution in [2.24, 2.45) is 40.4 Å². The summed E-state index contributed by atoms with van der Waals surface area (Å²) in [5, 5.41) is 1.06. The maximum Gasteiger partial charge on any atom is 0.189 e. The molecule has 5 aliphatic carbocycles. The highest BCUT2D eigenvalue weighted by Gasteiger charge is 2.58. The van der Waals surface area contributed by atoms with Gasteiger partial charge in [0, 0.05) is 11.7 Å². The molecule has 0 spiro atoms. The fourth-order valence-corrected chi connectivity index (χ4v) is 11.5. The molecule has 0 aliphatic heterocycles. The molecular formula is C35H58OS. The van der Waals surface area contributed by atoms with Crippen molar-refractivity contribution in [3.8, 4) is 0 Å². The molecule has 2 heteroatoms. The monoisotopic (exact) mass is 526 g/mol. The second-order valence-electron chi connectivity index (χ2n) is 14.7. The van der Waals surface area contributed by atoms with Gasteiger partial charge < -0.3 is 0 Å². The van der Waals surface area contributed by atoms with E-state index >= 15 is 0 Å². The molecule has 0 bridgehead atoms. The zero-order chi connectivity index (χ0) is 25.9. The van der Waals surface area contributed by atoms with Crippen LogP contribution >= 0.6 is 11.8 Å². The molecule has 0 saturated heterocycles. The number of rotatable bonds is 10. The summed E-state index contributed by atoms with van der Waals surface area (Å²) in [6.45, 7) is 7.69. The normalized spacial score (nSPS) is 40.0. The van der Waals surface area contributed by atoms with Crippen LogP contribution in [0, 0.1) is 40.4 Å². The largest absolute Gasteiger partial charge is 0.287 e. The highest BCUT2D eigenvalue weighted by molar-refractivity contribution is 8.14. The van der Waals surface area contributed by atoms with E-state index in [2.05, 4.69) is 26.8 Å². The van der Waals surface area contributed by atoms with E-state index in [0.29, 0.717) is 27.1 Å². The van der Waals surface area contributed by atoms with Gasteiger partial charge in [0.1, 0.15) is 0 Å². The van der Waals surface area contributed by atoms with Crippen LogP contribution in [0.25, 0.3) is 0 Å². The maximum absolute atomic E-state index is 12.9. The molecule has 4 saturated carbocycles. The summed E-state index contributed by atoms with van der Waals surface area (Å²) >= 11 is 1.75. The zero-order valence-corrected chi connectivity index (χ0v) is 25.5. The van der Waals surface area contributed by atoms with E-state index in [1.165, 1.54) is 128 Å². The Labute approximate surface area is 234 Å². The highest BCUT2D eigenvalue weighted by Crippen LogP contribution is 2.67. The van der Waals surface area contributed by atoms with Crippen molar-refractivity contribution in [3.63, 3.8) is 0 Å². The Bertz CT molecular complexity index is 795. The molecular weight excluding hydrogens is 468 g/mol. The predicted molar refractivity (Wildman–Crippen MR) is 161 cm³/mol. The fraction of sp³-hybridized carbons (Fsp3) is 0.914. The molecule has 37 heavy (non-hydrogen) atoms. The molecule has 0 aromatic heterocycles. The van der Waals surface area contributed by atoms with Gasteiger partial charge in [0.2, 0.25) is 0 Å². The van der Waals surface area contributed by atoms with Crippen LogP contribution in [0.15, 0.2) is 11.6 Å². The molecule has 0 aromatic rings. The molecule has 0 radical (unpaired) electrons. The van der Waals surface area contributed by atoms with Crippen molar-refractivity contribution >= 4 is 16.9 Å². The van der Waals surface area contributed by atoms with E-state index in [4.69, 9.17) is 0 Å². The average molecular weight is 527 g/mol. The summed E-state index contributed by atoms with van der Waals surface area (Å²) in [4.78, 5) is 12.9. The molecule has 0 unspecified atom stereocenters. The minimum Gasteiger partial charge on any atom is -0.287 e. The minimum absolute atomic E-state index is 0.422. The number of carbonyl (C=O) groups excluding carboxylic acids is 1. The second kappa shape index (κ2) is 12.5. The summed E-state index contributed by atoms with van der Waals surface area (Å²) in [7, 11) is 0. The summed E-state index contributed by atoms with van der Waals surface area (Å²) in [5.74, 6) is 4.48. The standard InChI is InChI=1S/C35H58OS/c1-4-5-6-7-8-12-15-27-17-19-31-30-18-16-28-25-29(37-33(36)24-26-13-10-9-11-14-26)20-22-35(28,3)32(30)21-23-34(27,31)2/h16,26-27,29-32H,4-15,17-25H2,1-3H3/t27-,29-,30+,31-,32+,34+,35-/m0/s1. The number of allylic oxidation sites excluding steroid dienone is 2. The quantitative estimate of drug-likeness (QED) is 0.208. The van der Waals surface area contributed by atoms with E-state index < -0.39 is 0 Å². The topological polar surface area (TPSA) is 17.1 Å². The first-order valence-electron chi connectivity index (χ1n) is 16.8. The van der Waals surface area contributed by atoms with Crippen LogP contribution in [0.4, 0.5) is 0 Å². The molecule has 0 heterocycles. The van der Waals surface area contributed by atoms with Crippen molar-refractivity contribution in [1.82, 2.24) is 0 Å². The lowest BCUT2D eigenvalue weighted by Gasteiger charge is -2.58. The number of fused-ring (bicyclic) bond motifs is 5. The SMILES string of the molecule is CCCCCCCC[C@H]1CC[C@H]2[C@H]3CC=C4C[C@@H](SC(=O)CC5CCCCC5)CC[C@]4(C)[C@@H]3CC[C@]12C. The van der Waals surface area contributed by atoms with Crippen LogP contribution in [0.2, 0.25) is 0 Å². The highest BCUT2D eigenvalue weighted by atomic mass is 32.2. The van der Waals surface area contributed by atoms with Crippen LogP contribution in [-0.2, 0) is 4.79 Å². The minimum atomic E-state index is 0.422. The van der Waals surface area contributed by atoms with Gasteiger partial charge in [-0.3, -0.25) is 4.79 Å². The molecule has 5 rings (SSSR count). The number of hydrogen-bond donors (Lipinski definition) is 0. The number of hydrogen-bond acceptors (Lipinski definition) is 2. The van der Waals surface area contributed by atoms with Crippen molar-refractivity contribution < 1.29 is 4.79 Å². The van der Waals surface area contributed by atoms with Crippen LogP contribution in [0.3, 0.4) is 0 Å². The number of carbonyl (C=O) groups is 1. The molecule has 210 valence electrons. The molecule has 5 aliphatic rings. The zero-order valence-electron chi connectivity index (χ0n) is 24.7. The first kappa shape index (κ1) is 28.3. The summed E-state index contributed by atoms with van der Waals surface area (Å²) in [6, 6.07) is 0. The third kappa shape index (κ3) is 6.10. The Balaban J connectivity index is 1.16. The van der Waals surface area contributed by atoms with E-state index in [1.807, 2.05) is 0 Å². The number of thioether (sulfide) groups is 1. The summed E-state index contributed by atoms with van der Waals surface area (Å²) in [6.07, 6.45) is 31.5. The van der Waals surface area contributed by atoms with Gasteiger partial charge in [0.25, 0.3) is 0 Å². The van der Waals surface area contributed by atoms with Gasteiger partial charge in [-0.15, -0.1) is 0 Å². The van der Waals surface area contributed by atoms with Gasteiger partial charge in [-0.25, -0.2) is 0 Å². The Morgan fingerprint density at radius 2 is 1.68 bits per heavy atom. The molecule has 0 amide bonds. The fourth-order valence-electron chi connectivity index (χ4n) is 10.3. The van der Waals surface area contributed by atoms with Crippen LogP contribution in [0.5, 0.6) is 0 Å². The van der Waals surface area contributed by atoms with Crippen molar-refractivity contribution in [3.05, 3.63) is 11.6 Å². The Kier molecular flexibility index (Phi) is 9.57. The second-order valence-corrected chi connectivity index (χ2v) is 16.1. The van der Waals surface area contributed by atoms with Crippen LogP contribution in [-0.4, -0.2) is 10.4 Å². The van der Waals surface area contributed by atoms with Crippen LogP contribution in [0.1, 0.15) is 156 Å². The molecule has 0 N–H and O–H groups in total. The van der Waals surface area contributed by atoms with Gasteiger partial charge in [-0.05, 0) is 111 Å². The van der Waals surface area contributed by atoms with Crippen molar-refractivity contribution in [2.45, 2.75) is 161 Å². The maximum atomic E-state index is 12.9. The average Bonchev–Trinajstić information content (AvgIpc) is 3.23. The van der Waals surface area contributed by atoms with E-state index in [-0.39, 0.29) is 0 Å². The van der Waals surface area contributed by atoms with Gasteiger partial charge in [-0.2, -0.15) is 0 Å². The molecule has 7 atom stereocenters. The van der Waals surface area contributed by atoms with E-state index in [0.717, 1.165) is 30.1 Å². The van der Waals surface area contributed by atoms with Crippen molar-refractivity contribution in [1.29, 1.82) is 0 Å². The Morgan fingerprint density at radius 1 is 0.892 bits per heavy atom.